The summed E-state index contributed by atoms with van der Waals surface area (Å²) in [6.07, 6.45) is 0.878. The Morgan fingerprint density at radius 1 is 1.88 bits per heavy atom. The van der Waals surface area contributed by atoms with E-state index in [0.29, 0.717) is 6.42 Å². The van der Waals surface area contributed by atoms with E-state index in [-0.39, 0.29) is 11.7 Å². The normalized spacial score (nSPS) is 13.2. The van der Waals surface area contributed by atoms with Gasteiger partial charge in [0.15, 0.2) is 0 Å². The van der Waals surface area contributed by atoms with Gasteiger partial charge in [-0.15, -0.1) is 0 Å². The molecule has 0 heterocycles. The Balaban J connectivity index is 3.05. The zero-order valence-corrected chi connectivity index (χ0v) is 5.69. The lowest BCUT2D eigenvalue weighted by Crippen LogP contribution is -1.98. The van der Waals surface area contributed by atoms with E-state index in [1.54, 1.807) is 0 Å². The molecule has 0 saturated carbocycles. The highest BCUT2D eigenvalue weighted by atomic mass is 32.1. The molecule has 2 nitrogen and oxygen atoms in total. The van der Waals surface area contributed by atoms with Gasteiger partial charge in [-0.2, -0.15) is 12.6 Å². The van der Waals surface area contributed by atoms with Crippen LogP contribution in [0.4, 0.5) is 0 Å². The molecule has 0 aliphatic heterocycles. The van der Waals surface area contributed by atoms with Crippen LogP contribution in [-0.4, -0.2) is 16.3 Å². The molecule has 0 amide bonds. The van der Waals surface area contributed by atoms with Gasteiger partial charge in [0.25, 0.3) is 0 Å². The number of carbonyl (C=O) groups is 1. The lowest BCUT2D eigenvalue weighted by molar-refractivity contribution is -0.137. The molecule has 0 aromatic heterocycles. The van der Waals surface area contributed by atoms with Crippen LogP contribution in [0.2, 0.25) is 0 Å². The van der Waals surface area contributed by atoms with Gasteiger partial charge in [0.05, 0.1) is 0 Å². The van der Waals surface area contributed by atoms with E-state index in [0.717, 1.165) is 0 Å². The second-order valence-corrected chi connectivity index (χ2v) is 2.66. The number of thiol groups is 1. The van der Waals surface area contributed by atoms with Crippen molar-refractivity contribution in [1.29, 1.82) is 0 Å². The van der Waals surface area contributed by atoms with Gasteiger partial charge in [-0.25, -0.2) is 0 Å². The predicted molar refractivity (Wildman–Crippen MR) is 35.3 cm³/mol. The Morgan fingerprint density at radius 3 is 2.50 bits per heavy atom. The number of hydrogen-bond donors (Lipinski definition) is 2. The summed E-state index contributed by atoms with van der Waals surface area (Å²) in [7, 11) is 0. The Labute approximate surface area is 54.3 Å². The van der Waals surface area contributed by atoms with Crippen LogP contribution < -0.4 is 0 Å². The molecule has 0 aliphatic rings. The van der Waals surface area contributed by atoms with Crippen LogP contribution in [0.1, 0.15) is 19.8 Å². The summed E-state index contributed by atoms with van der Waals surface area (Å²) in [5.41, 5.74) is 0. The fourth-order valence-corrected chi connectivity index (χ4v) is 0.461. The molecule has 8 heavy (non-hydrogen) atoms. The lowest BCUT2D eigenvalue weighted by atomic mass is 10.2. The van der Waals surface area contributed by atoms with E-state index in [2.05, 4.69) is 12.6 Å². The van der Waals surface area contributed by atoms with Gasteiger partial charge in [-0.3, -0.25) is 4.79 Å². The van der Waals surface area contributed by atoms with Crippen molar-refractivity contribution >= 4 is 18.6 Å². The van der Waals surface area contributed by atoms with Gasteiger partial charge in [0.1, 0.15) is 0 Å². The number of hydrogen-bond acceptors (Lipinski definition) is 2. The minimum Gasteiger partial charge on any atom is -0.481 e. The second kappa shape index (κ2) is 3.78. The van der Waals surface area contributed by atoms with Crippen molar-refractivity contribution in [2.75, 3.05) is 0 Å². The molecular weight excluding hydrogens is 124 g/mol. The maximum absolute atomic E-state index is 9.87. The van der Waals surface area contributed by atoms with Crippen molar-refractivity contribution in [3.8, 4) is 0 Å². The highest BCUT2D eigenvalue weighted by Gasteiger charge is 1.98. The van der Waals surface area contributed by atoms with Crippen molar-refractivity contribution in [1.82, 2.24) is 0 Å². The third-order valence-corrected chi connectivity index (χ3v) is 1.03. The number of carboxylic acid groups (broad SMARTS) is 1. The molecule has 0 unspecified atom stereocenters. The smallest absolute Gasteiger partial charge is 0.303 e. The van der Waals surface area contributed by atoms with Gasteiger partial charge in [-0.05, 0) is 11.7 Å². The standard InChI is InChI=1S/C5H10O2S/c1-4(8)2-3-5(6)7/h4,8H,2-3H2,1H3,(H,6,7)/t4-/m0/s1. The summed E-state index contributed by atoms with van der Waals surface area (Å²) < 4.78 is 0. The van der Waals surface area contributed by atoms with Crippen LogP contribution in [0.3, 0.4) is 0 Å². The van der Waals surface area contributed by atoms with Crippen molar-refractivity contribution in [2.45, 2.75) is 25.0 Å². The quantitative estimate of drug-likeness (QED) is 0.568. The summed E-state index contributed by atoms with van der Waals surface area (Å²) in [5.74, 6) is -0.745. The maximum Gasteiger partial charge on any atom is 0.303 e. The Bertz CT molecular complexity index is 80.5. The van der Waals surface area contributed by atoms with Crippen molar-refractivity contribution in [3.05, 3.63) is 0 Å². The van der Waals surface area contributed by atoms with Gasteiger partial charge < -0.3 is 5.11 Å². The van der Waals surface area contributed by atoms with Crippen molar-refractivity contribution in [2.24, 2.45) is 0 Å². The summed E-state index contributed by atoms with van der Waals surface area (Å²) >= 11 is 4.01. The largest absolute Gasteiger partial charge is 0.481 e. The molecule has 0 fully saturated rings. The van der Waals surface area contributed by atoms with E-state index in [1.807, 2.05) is 6.92 Å². The molecule has 0 bridgehead atoms. The molecule has 0 saturated heterocycles. The first-order valence-corrected chi connectivity index (χ1v) is 3.04. The molecule has 48 valence electrons. The van der Waals surface area contributed by atoms with Gasteiger partial charge >= 0.3 is 5.97 Å². The van der Waals surface area contributed by atoms with Gasteiger partial charge in [-0.1, -0.05) is 6.92 Å². The zero-order valence-electron chi connectivity index (χ0n) is 4.79. The van der Waals surface area contributed by atoms with Crippen LogP contribution in [-0.2, 0) is 4.79 Å². The highest BCUT2D eigenvalue weighted by molar-refractivity contribution is 7.80. The fraction of sp³-hybridized carbons (Fsp3) is 0.800. The summed E-state index contributed by atoms with van der Waals surface area (Å²) in [4.78, 5) is 9.87. The monoisotopic (exact) mass is 134 g/mol. The summed E-state index contributed by atoms with van der Waals surface area (Å²) in [6.45, 7) is 1.88. The first-order valence-electron chi connectivity index (χ1n) is 2.53. The number of aliphatic carboxylic acids is 1. The van der Waals surface area contributed by atoms with Crippen LogP contribution in [0, 0.1) is 0 Å². The van der Waals surface area contributed by atoms with E-state index >= 15 is 0 Å². The maximum atomic E-state index is 9.87. The Morgan fingerprint density at radius 2 is 2.38 bits per heavy atom. The third kappa shape index (κ3) is 5.82. The molecule has 0 aromatic rings. The fourth-order valence-electron chi connectivity index (χ4n) is 0.332. The molecule has 1 N–H and O–H groups in total. The first kappa shape index (κ1) is 7.82. The van der Waals surface area contributed by atoms with Crippen LogP contribution in [0.25, 0.3) is 0 Å². The topological polar surface area (TPSA) is 37.3 Å². The van der Waals surface area contributed by atoms with Crippen molar-refractivity contribution < 1.29 is 9.90 Å². The molecule has 0 aliphatic carbocycles. The molecular formula is C5H10O2S. The molecule has 0 spiro atoms. The predicted octanol–water partition coefficient (Wildman–Crippen LogP) is 1.17. The van der Waals surface area contributed by atoms with Crippen LogP contribution in [0.5, 0.6) is 0 Å². The minimum atomic E-state index is -0.745. The second-order valence-electron chi connectivity index (χ2n) is 1.78. The Kier molecular flexibility index (Phi) is 3.69. The minimum absolute atomic E-state index is 0.200. The van der Waals surface area contributed by atoms with Crippen molar-refractivity contribution in [3.63, 3.8) is 0 Å². The number of rotatable bonds is 3. The molecule has 3 heteroatoms. The lowest BCUT2D eigenvalue weighted by Gasteiger charge is -1.96. The average molecular weight is 134 g/mol. The zero-order chi connectivity index (χ0) is 6.57. The summed E-state index contributed by atoms with van der Waals surface area (Å²) in [5, 5.41) is 8.33. The Hall–Kier alpha value is -0.180. The van der Waals surface area contributed by atoms with Crippen LogP contribution in [0.15, 0.2) is 0 Å². The van der Waals surface area contributed by atoms with E-state index in [1.165, 1.54) is 0 Å². The molecule has 0 aromatic carbocycles. The molecule has 0 rings (SSSR count). The van der Waals surface area contributed by atoms with Gasteiger partial charge in [0.2, 0.25) is 0 Å². The third-order valence-electron chi connectivity index (χ3n) is 0.776. The van der Waals surface area contributed by atoms with E-state index in [4.69, 9.17) is 5.11 Å². The van der Waals surface area contributed by atoms with E-state index < -0.39 is 5.97 Å². The summed E-state index contributed by atoms with van der Waals surface area (Å²) in [6, 6.07) is 0. The van der Waals surface area contributed by atoms with Crippen LogP contribution >= 0.6 is 12.6 Å². The first-order chi connectivity index (χ1) is 3.63. The molecule has 1 atom stereocenters. The number of carboxylic acids is 1. The highest BCUT2D eigenvalue weighted by Crippen LogP contribution is 2.01. The van der Waals surface area contributed by atoms with E-state index in [9.17, 15) is 4.79 Å². The average Bonchev–Trinajstić information content (AvgIpc) is 1.61. The molecule has 0 radical (unpaired) electrons. The van der Waals surface area contributed by atoms with Gasteiger partial charge in [0, 0.05) is 6.42 Å². The SMILES string of the molecule is C[C@H](S)CCC(=O)O.